The summed E-state index contributed by atoms with van der Waals surface area (Å²) >= 11 is 0. The maximum atomic E-state index is 9.90. The van der Waals surface area contributed by atoms with Crippen LogP contribution in [0.3, 0.4) is 0 Å². The fraction of sp³-hybridized carbons (Fsp3) is 1.00. The smallest absolute Gasteiger partial charge is 0.396 e. The molecule has 2 atom stereocenters. The van der Waals surface area contributed by atoms with E-state index in [2.05, 4.69) is 16.4 Å². The van der Waals surface area contributed by atoms with Gasteiger partial charge >= 0.3 is 10.4 Å². The van der Waals surface area contributed by atoms with Gasteiger partial charge in [0.25, 0.3) is 0 Å². The molecule has 0 saturated heterocycles. The van der Waals surface area contributed by atoms with Crippen LogP contribution in [0.5, 0.6) is 0 Å². The second-order valence-corrected chi connectivity index (χ2v) is 8.01. The molecular formula is C19H43NO7S. The number of likely N-dealkylation sites (N-methyl/N-ethyl adjacent to an activating group) is 1. The fourth-order valence-electron chi connectivity index (χ4n) is 2.68. The lowest BCUT2D eigenvalue weighted by atomic mass is 10.1. The van der Waals surface area contributed by atoms with E-state index in [0.717, 1.165) is 13.5 Å². The Hall–Kier alpha value is -0.290. The maximum Gasteiger partial charge on any atom is 0.397 e. The molecule has 0 amide bonds. The average molecular weight is 430 g/mol. The first-order valence-corrected chi connectivity index (χ1v) is 11.8. The summed E-state index contributed by atoms with van der Waals surface area (Å²) in [4.78, 5) is 0. The molecule has 9 heteroatoms. The molecule has 0 aliphatic carbocycles. The van der Waals surface area contributed by atoms with E-state index in [0.29, 0.717) is 19.6 Å². The zero-order valence-corrected chi connectivity index (χ0v) is 18.8. The van der Waals surface area contributed by atoms with E-state index in [4.69, 9.17) is 14.4 Å². The normalized spacial score (nSPS) is 13.6. The molecule has 0 saturated carbocycles. The topological polar surface area (TPSA) is 125 Å². The molecule has 0 aromatic carbocycles. The van der Waals surface area contributed by atoms with Crippen LogP contribution in [0.2, 0.25) is 0 Å². The van der Waals surface area contributed by atoms with Gasteiger partial charge in [-0.3, -0.25) is 8.74 Å². The highest BCUT2D eigenvalue weighted by molar-refractivity contribution is 7.80. The summed E-state index contributed by atoms with van der Waals surface area (Å²) in [6.45, 7) is 3.50. The minimum Gasteiger partial charge on any atom is -0.396 e. The Morgan fingerprint density at radius 1 is 0.964 bits per heavy atom. The van der Waals surface area contributed by atoms with Crippen molar-refractivity contribution in [1.29, 1.82) is 0 Å². The highest BCUT2D eigenvalue weighted by Crippen LogP contribution is 2.11. The third kappa shape index (κ3) is 23.7. The predicted octanol–water partition coefficient (Wildman–Crippen LogP) is 2.69. The van der Waals surface area contributed by atoms with E-state index in [1.54, 1.807) is 0 Å². The van der Waals surface area contributed by atoms with Gasteiger partial charge in [-0.2, -0.15) is 8.42 Å². The minimum atomic E-state index is -4.16. The Labute approximate surface area is 172 Å². The van der Waals surface area contributed by atoms with Gasteiger partial charge in [-0.05, 0) is 19.9 Å². The lowest BCUT2D eigenvalue weighted by Gasteiger charge is -2.22. The minimum absolute atomic E-state index is 0.0590. The summed E-state index contributed by atoms with van der Waals surface area (Å²) in [6.07, 6.45) is 12.8. The zero-order valence-electron chi connectivity index (χ0n) is 17.9. The molecule has 0 aromatic rings. The Kier molecular flexibility index (Phi) is 22.9. The van der Waals surface area contributed by atoms with Gasteiger partial charge in [-0.25, -0.2) is 0 Å². The van der Waals surface area contributed by atoms with Crippen molar-refractivity contribution in [2.24, 2.45) is 0 Å². The highest BCUT2D eigenvalue weighted by atomic mass is 32.3. The second-order valence-electron chi connectivity index (χ2n) is 6.82. The molecule has 0 aliphatic heterocycles. The summed E-state index contributed by atoms with van der Waals surface area (Å²) < 4.78 is 35.4. The van der Waals surface area contributed by atoms with Crippen LogP contribution in [-0.2, 0) is 19.3 Å². The van der Waals surface area contributed by atoms with Crippen LogP contribution in [0.15, 0.2) is 0 Å². The van der Waals surface area contributed by atoms with Crippen molar-refractivity contribution in [3.05, 3.63) is 0 Å². The first kappa shape index (κ1) is 29.9. The predicted molar refractivity (Wildman–Crippen MR) is 112 cm³/mol. The van der Waals surface area contributed by atoms with Crippen LogP contribution in [0.25, 0.3) is 0 Å². The molecule has 28 heavy (non-hydrogen) atoms. The molecule has 0 fully saturated rings. The number of ether oxygens (including phenoxy) is 1. The second kappa shape index (κ2) is 21.4. The largest absolute Gasteiger partial charge is 0.397 e. The molecule has 0 radical (unpaired) electrons. The molecular weight excluding hydrogens is 386 g/mol. The lowest BCUT2D eigenvalue weighted by molar-refractivity contribution is -0.0472. The molecule has 0 spiro atoms. The number of unbranched alkanes of at least 4 members (excludes halogenated alkanes) is 9. The average Bonchev–Trinajstić information content (AvgIpc) is 2.65. The first-order valence-electron chi connectivity index (χ1n) is 10.4. The summed E-state index contributed by atoms with van der Waals surface area (Å²) in [5.41, 5.74) is 0. The van der Waals surface area contributed by atoms with Gasteiger partial charge in [0.15, 0.2) is 0 Å². The molecule has 8 nitrogen and oxygen atoms in total. The number of hydrogen-bond acceptors (Lipinski definition) is 7. The van der Waals surface area contributed by atoms with Crippen LogP contribution < -0.4 is 5.32 Å². The van der Waals surface area contributed by atoms with Crippen molar-refractivity contribution in [3.8, 4) is 0 Å². The van der Waals surface area contributed by atoms with Crippen LogP contribution in [0, 0.1) is 0 Å². The summed E-state index contributed by atoms with van der Waals surface area (Å²) in [6, 6.07) is 0. The Morgan fingerprint density at radius 3 is 1.82 bits per heavy atom. The fourth-order valence-corrected chi connectivity index (χ4v) is 2.68. The number of rotatable bonds is 18. The van der Waals surface area contributed by atoms with Gasteiger partial charge in [0, 0.05) is 19.8 Å². The molecule has 172 valence electrons. The lowest BCUT2D eigenvalue weighted by Crippen LogP contribution is -2.37. The van der Waals surface area contributed by atoms with Crippen molar-refractivity contribution in [2.45, 2.75) is 89.8 Å². The van der Waals surface area contributed by atoms with E-state index >= 15 is 0 Å². The highest BCUT2D eigenvalue weighted by Gasteiger charge is 2.18. The Balaban J connectivity index is 0. The van der Waals surface area contributed by atoms with Gasteiger partial charge in [0.2, 0.25) is 0 Å². The molecule has 0 rings (SSSR count). The quantitative estimate of drug-likeness (QED) is 0.194. The number of aliphatic hydroxyl groups is 2. The Bertz CT molecular complexity index is 407. The van der Waals surface area contributed by atoms with Gasteiger partial charge < -0.3 is 20.3 Å². The van der Waals surface area contributed by atoms with Crippen LogP contribution in [0.1, 0.15) is 77.6 Å². The zero-order chi connectivity index (χ0) is 21.7. The Morgan fingerprint density at radius 2 is 1.43 bits per heavy atom. The van der Waals surface area contributed by atoms with Crippen LogP contribution in [-0.4, -0.2) is 69.3 Å². The molecule has 0 heterocycles. The number of nitrogens with one attached hydrogen (secondary N) is 1. The third-order valence-corrected chi connectivity index (χ3v) is 4.72. The van der Waals surface area contributed by atoms with Crippen LogP contribution >= 0.6 is 0 Å². The standard InChI is InChI=1S/C18H39NO3.CH4O4S/c1-3-4-5-6-7-8-9-10-11-12-15-22-18(13-14-20)17(21)16-19-2;1-5-6(2,3)4/h17-21H,3-16H2,1-2H3;1H3,(H,2,3,4). The van der Waals surface area contributed by atoms with Crippen molar-refractivity contribution in [1.82, 2.24) is 5.32 Å². The SMILES string of the molecule is CCCCCCCCCCCCOC(CCO)C(O)CNC.COS(=O)(=O)O. The summed E-state index contributed by atoms with van der Waals surface area (Å²) in [7, 11) is -1.48. The van der Waals surface area contributed by atoms with Gasteiger partial charge in [-0.15, -0.1) is 0 Å². The molecule has 0 aromatic heterocycles. The molecule has 0 bridgehead atoms. The van der Waals surface area contributed by atoms with E-state index in [1.807, 2.05) is 7.05 Å². The van der Waals surface area contributed by atoms with Gasteiger partial charge in [-0.1, -0.05) is 64.7 Å². The summed E-state index contributed by atoms with van der Waals surface area (Å²) in [5, 5.41) is 21.9. The van der Waals surface area contributed by atoms with Gasteiger partial charge in [0.1, 0.15) is 0 Å². The molecule has 4 N–H and O–H groups in total. The van der Waals surface area contributed by atoms with E-state index < -0.39 is 16.5 Å². The maximum absolute atomic E-state index is 9.90. The molecule has 2 unspecified atom stereocenters. The summed E-state index contributed by atoms with van der Waals surface area (Å²) in [5.74, 6) is 0. The van der Waals surface area contributed by atoms with E-state index in [1.165, 1.54) is 57.8 Å². The van der Waals surface area contributed by atoms with Crippen molar-refractivity contribution in [3.63, 3.8) is 0 Å². The van der Waals surface area contributed by atoms with E-state index in [-0.39, 0.29) is 12.7 Å². The van der Waals surface area contributed by atoms with Crippen molar-refractivity contribution >= 4 is 10.4 Å². The van der Waals surface area contributed by atoms with Crippen molar-refractivity contribution < 1.29 is 32.1 Å². The number of hydrogen-bond donors (Lipinski definition) is 4. The molecule has 0 aliphatic rings. The monoisotopic (exact) mass is 429 g/mol. The van der Waals surface area contributed by atoms with Gasteiger partial charge in [0.05, 0.1) is 19.3 Å². The van der Waals surface area contributed by atoms with Crippen molar-refractivity contribution in [2.75, 3.05) is 33.9 Å². The number of aliphatic hydroxyl groups excluding tert-OH is 2. The third-order valence-electron chi connectivity index (χ3n) is 4.30. The van der Waals surface area contributed by atoms with Crippen LogP contribution in [0.4, 0.5) is 0 Å². The first-order chi connectivity index (χ1) is 13.3. The van der Waals surface area contributed by atoms with E-state index in [9.17, 15) is 13.5 Å².